The Morgan fingerprint density at radius 3 is 2.63 bits per heavy atom. The first-order chi connectivity index (χ1) is 18.3. The highest BCUT2D eigenvalue weighted by atomic mass is 19.1. The maximum atomic E-state index is 15.1. The number of cyclic esters (lactones) is 1. The molecule has 2 saturated heterocycles. The van der Waals surface area contributed by atoms with Crippen LogP contribution in [0.2, 0.25) is 0 Å². The molecule has 0 aliphatic carbocycles. The molecule has 0 unspecified atom stereocenters. The number of para-hydroxylation sites is 2. The number of Topliss-reactive ketones (excluding diaryl/α,β-unsaturated/α-hetero) is 1. The van der Waals surface area contributed by atoms with Gasteiger partial charge in [-0.15, -0.1) is 0 Å². The molecule has 0 bridgehead atoms. The fraction of sp³-hybridized carbons (Fsp3) is 0.360. The number of nitrogens with one attached hydrogen (secondary N) is 1. The molecule has 13 heteroatoms. The minimum atomic E-state index is -0.871. The van der Waals surface area contributed by atoms with Crippen LogP contribution in [0.25, 0.3) is 11.1 Å². The maximum Gasteiger partial charge on any atom is 0.414 e. The molecule has 0 spiro atoms. The lowest BCUT2D eigenvalue weighted by Gasteiger charge is -2.24. The SMILES string of the molecule is CC(=O)CC[C@H]1CN(c2cc(F)c(N3CCON(C(=O)Nc4nc5ccccc5o4)CC3)c(F)c2)C(=O)O1. The van der Waals surface area contributed by atoms with Crippen LogP contribution in [0, 0.1) is 11.6 Å². The zero-order chi connectivity index (χ0) is 26.8. The lowest BCUT2D eigenvalue weighted by atomic mass is 10.1. The number of oxazole rings is 1. The highest BCUT2D eigenvalue weighted by Crippen LogP contribution is 2.32. The molecule has 3 amide bonds. The normalized spacial score (nSPS) is 18.0. The number of fused-ring (bicyclic) bond motifs is 1. The van der Waals surface area contributed by atoms with Crippen molar-refractivity contribution < 1.29 is 37.2 Å². The van der Waals surface area contributed by atoms with Crippen LogP contribution < -0.4 is 15.1 Å². The summed E-state index contributed by atoms with van der Waals surface area (Å²) < 4.78 is 41.0. The van der Waals surface area contributed by atoms with Crippen LogP contribution in [0.15, 0.2) is 40.8 Å². The average Bonchev–Trinajstić information content (AvgIpc) is 3.36. The number of hydroxylamine groups is 2. The van der Waals surface area contributed by atoms with Crippen molar-refractivity contribution in [1.82, 2.24) is 10.0 Å². The minimum Gasteiger partial charge on any atom is -0.444 e. The van der Waals surface area contributed by atoms with Gasteiger partial charge in [0.2, 0.25) is 0 Å². The Morgan fingerprint density at radius 1 is 1.13 bits per heavy atom. The monoisotopic (exact) mass is 529 g/mol. The number of aromatic nitrogens is 1. The van der Waals surface area contributed by atoms with Crippen LogP contribution >= 0.6 is 0 Å². The van der Waals surface area contributed by atoms with Crippen molar-refractivity contribution in [3.63, 3.8) is 0 Å². The molecular weight excluding hydrogens is 504 g/mol. The Balaban J connectivity index is 1.23. The fourth-order valence-corrected chi connectivity index (χ4v) is 4.37. The lowest BCUT2D eigenvalue weighted by Crippen LogP contribution is -2.37. The van der Waals surface area contributed by atoms with E-state index in [0.717, 1.165) is 22.1 Å². The first kappa shape index (κ1) is 25.4. The van der Waals surface area contributed by atoms with Crippen molar-refractivity contribution >= 4 is 46.4 Å². The molecule has 2 aromatic carbocycles. The van der Waals surface area contributed by atoms with E-state index < -0.39 is 29.9 Å². The number of rotatable bonds is 6. The number of urea groups is 1. The van der Waals surface area contributed by atoms with Crippen molar-refractivity contribution in [2.24, 2.45) is 0 Å². The predicted octanol–water partition coefficient (Wildman–Crippen LogP) is 4.09. The third-order valence-electron chi connectivity index (χ3n) is 6.24. The van der Waals surface area contributed by atoms with Gasteiger partial charge in [0.15, 0.2) is 17.2 Å². The summed E-state index contributed by atoms with van der Waals surface area (Å²) in [5, 5.41) is 3.56. The number of hydrogen-bond donors (Lipinski definition) is 1. The first-order valence-electron chi connectivity index (χ1n) is 12.1. The Hall–Kier alpha value is -4.26. The Kier molecular flexibility index (Phi) is 7.09. The number of ether oxygens (including phenoxy) is 1. The molecule has 1 N–H and O–H groups in total. The number of anilines is 3. The standard InChI is InChI=1S/C25H25F2N5O6/c1-15(33)6-7-17-14-31(25(35)37-17)16-12-18(26)22(19(27)13-16)30-8-9-32(36-11-10-30)24(34)29-23-28-20-4-2-3-5-21(20)38-23/h2-5,12-13,17H,6-11,14H2,1H3,(H,28,29,34)/t17-/m0/s1. The van der Waals surface area contributed by atoms with E-state index in [1.54, 1.807) is 24.3 Å². The van der Waals surface area contributed by atoms with Gasteiger partial charge in [0.25, 0.3) is 0 Å². The third-order valence-corrected chi connectivity index (χ3v) is 6.24. The van der Waals surface area contributed by atoms with E-state index in [0.29, 0.717) is 17.5 Å². The van der Waals surface area contributed by atoms with Gasteiger partial charge in [-0.25, -0.2) is 23.4 Å². The maximum absolute atomic E-state index is 15.1. The highest BCUT2D eigenvalue weighted by Gasteiger charge is 2.34. The molecule has 38 heavy (non-hydrogen) atoms. The molecule has 3 aromatic rings. The molecule has 2 aliphatic heterocycles. The number of ketones is 1. The summed E-state index contributed by atoms with van der Waals surface area (Å²) in [4.78, 5) is 48.4. The van der Waals surface area contributed by atoms with Crippen molar-refractivity contribution in [1.29, 1.82) is 0 Å². The van der Waals surface area contributed by atoms with Gasteiger partial charge in [0.1, 0.15) is 23.1 Å². The summed E-state index contributed by atoms with van der Waals surface area (Å²) in [5.74, 6) is -1.78. The Morgan fingerprint density at radius 2 is 1.89 bits per heavy atom. The zero-order valence-corrected chi connectivity index (χ0v) is 20.5. The molecular formula is C25H25F2N5O6. The number of carbonyl (C=O) groups is 3. The van der Waals surface area contributed by atoms with Gasteiger partial charge in [-0.1, -0.05) is 12.1 Å². The van der Waals surface area contributed by atoms with Gasteiger partial charge in [0.05, 0.1) is 25.4 Å². The third kappa shape index (κ3) is 5.37. The highest BCUT2D eigenvalue weighted by molar-refractivity contribution is 5.90. The van der Waals surface area contributed by atoms with Gasteiger partial charge in [0, 0.05) is 31.6 Å². The van der Waals surface area contributed by atoms with Crippen LogP contribution in [-0.2, 0) is 14.4 Å². The summed E-state index contributed by atoms with van der Waals surface area (Å²) in [6.45, 7) is 1.70. The van der Waals surface area contributed by atoms with E-state index in [9.17, 15) is 14.4 Å². The zero-order valence-electron chi connectivity index (χ0n) is 20.5. The number of halogens is 2. The number of benzene rings is 2. The average molecular weight is 530 g/mol. The van der Waals surface area contributed by atoms with E-state index in [2.05, 4.69) is 10.3 Å². The van der Waals surface area contributed by atoms with E-state index >= 15 is 8.78 Å². The topological polar surface area (TPSA) is 117 Å². The summed E-state index contributed by atoms with van der Waals surface area (Å²) in [6, 6.07) is 8.51. The van der Waals surface area contributed by atoms with Crippen LogP contribution in [0.1, 0.15) is 19.8 Å². The second kappa shape index (κ2) is 10.6. The van der Waals surface area contributed by atoms with Crippen LogP contribution in [0.3, 0.4) is 0 Å². The molecule has 3 heterocycles. The van der Waals surface area contributed by atoms with Crippen molar-refractivity contribution in [2.75, 3.05) is 47.9 Å². The predicted molar refractivity (Wildman–Crippen MR) is 132 cm³/mol. The Bertz CT molecular complexity index is 1330. The first-order valence-corrected chi connectivity index (χ1v) is 12.1. The Labute approximate surface area is 215 Å². The van der Waals surface area contributed by atoms with Crippen LogP contribution in [0.4, 0.5) is 35.8 Å². The van der Waals surface area contributed by atoms with Gasteiger partial charge in [-0.2, -0.15) is 4.98 Å². The molecule has 1 atom stereocenters. The van der Waals surface area contributed by atoms with E-state index in [-0.39, 0.29) is 62.4 Å². The van der Waals surface area contributed by atoms with Crippen LogP contribution in [0.5, 0.6) is 0 Å². The van der Waals surface area contributed by atoms with Gasteiger partial charge < -0.3 is 18.8 Å². The van der Waals surface area contributed by atoms with Gasteiger partial charge >= 0.3 is 18.1 Å². The number of nitrogens with zero attached hydrogens (tertiary/aromatic N) is 4. The summed E-state index contributed by atoms with van der Waals surface area (Å²) in [5.41, 5.74) is 0.812. The largest absolute Gasteiger partial charge is 0.444 e. The smallest absolute Gasteiger partial charge is 0.414 e. The van der Waals surface area contributed by atoms with Crippen LogP contribution in [-0.4, -0.2) is 66.8 Å². The molecule has 1 aromatic heterocycles. The van der Waals surface area contributed by atoms with E-state index in [1.807, 2.05) is 0 Å². The van der Waals surface area contributed by atoms with Gasteiger partial charge in [-0.3, -0.25) is 15.1 Å². The van der Waals surface area contributed by atoms with E-state index in [1.165, 1.54) is 11.8 Å². The quantitative estimate of drug-likeness (QED) is 0.508. The molecule has 5 rings (SSSR count). The van der Waals surface area contributed by atoms with E-state index in [4.69, 9.17) is 14.0 Å². The lowest BCUT2D eigenvalue weighted by molar-refractivity contribution is -0.117. The number of hydrogen-bond acceptors (Lipinski definition) is 8. The summed E-state index contributed by atoms with van der Waals surface area (Å²) in [7, 11) is 0. The fourth-order valence-electron chi connectivity index (χ4n) is 4.37. The van der Waals surface area contributed by atoms with Crippen molar-refractivity contribution in [3.05, 3.63) is 48.0 Å². The van der Waals surface area contributed by atoms with Gasteiger partial charge in [-0.05, 0) is 25.5 Å². The van der Waals surface area contributed by atoms with Crippen molar-refractivity contribution in [3.8, 4) is 0 Å². The minimum absolute atomic E-state index is 0.00227. The second-order valence-corrected chi connectivity index (χ2v) is 8.95. The molecule has 11 nitrogen and oxygen atoms in total. The second-order valence-electron chi connectivity index (χ2n) is 8.95. The number of carbonyl (C=O) groups excluding carboxylic acids is 3. The molecule has 2 aliphatic rings. The molecule has 2 fully saturated rings. The number of amides is 3. The summed E-state index contributed by atoms with van der Waals surface area (Å²) >= 11 is 0. The summed E-state index contributed by atoms with van der Waals surface area (Å²) in [6.07, 6.45) is -0.681. The molecule has 200 valence electrons. The molecule has 0 saturated carbocycles. The molecule has 0 radical (unpaired) electrons. The van der Waals surface area contributed by atoms with Crippen molar-refractivity contribution in [2.45, 2.75) is 25.9 Å².